The predicted molar refractivity (Wildman–Crippen MR) is 116 cm³/mol. The molecule has 0 aliphatic rings. The van der Waals surface area contributed by atoms with Crippen molar-refractivity contribution >= 4 is 11.9 Å². The Morgan fingerprint density at radius 2 is 0.821 bits per heavy atom. The van der Waals surface area contributed by atoms with Crippen molar-refractivity contribution in [2.75, 3.05) is 0 Å². The zero-order valence-electron chi connectivity index (χ0n) is 17.9. The normalized spacial score (nSPS) is 10.2. The molecule has 0 atom stereocenters. The van der Waals surface area contributed by atoms with Crippen molar-refractivity contribution in [1.82, 2.24) is 0 Å². The third-order valence-electron chi connectivity index (χ3n) is 4.84. The zero-order valence-corrected chi connectivity index (χ0v) is 17.9. The van der Waals surface area contributed by atoms with E-state index < -0.39 is 11.9 Å². The molecule has 0 saturated carbocycles. The van der Waals surface area contributed by atoms with E-state index in [2.05, 4.69) is 13.8 Å². The van der Waals surface area contributed by atoms with Gasteiger partial charge >= 0.3 is 11.9 Å². The Morgan fingerprint density at radius 3 is 1.04 bits per heavy atom. The third-order valence-corrected chi connectivity index (χ3v) is 4.84. The minimum absolute atomic E-state index is 0.190. The molecule has 4 heteroatoms. The SMILES string of the molecule is CCCCCCCCCCCCCCCC.O=C(O)c1ccccc1C(=O)O. The smallest absolute Gasteiger partial charge is 0.336 e. The van der Waals surface area contributed by atoms with Crippen molar-refractivity contribution < 1.29 is 19.8 Å². The molecule has 0 aliphatic heterocycles. The minimum Gasteiger partial charge on any atom is -0.478 e. The summed E-state index contributed by atoms with van der Waals surface area (Å²) in [5, 5.41) is 17.1. The first-order valence-corrected chi connectivity index (χ1v) is 11.1. The van der Waals surface area contributed by atoms with E-state index in [4.69, 9.17) is 10.2 Å². The summed E-state index contributed by atoms with van der Waals surface area (Å²) < 4.78 is 0. The Balaban J connectivity index is 0.000000540. The van der Waals surface area contributed by atoms with Crippen molar-refractivity contribution in [3.05, 3.63) is 35.4 Å². The lowest BCUT2D eigenvalue weighted by Gasteiger charge is -2.02. The summed E-state index contributed by atoms with van der Waals surface area (Å²) in [4.78, 5) is 20.9. The van der Waals surface area contributed by atoms with Crippen molar-refractivity contribution in [3.8, 4) is 0 Å². The van der Waals surface area contributed by atoms with Crippen molar-refractivity contribution in [2.45, 2.75) is 104 Å². The maximum absolute atomic E-state index is 10.5. The van der Waals surface area contributed by atoms with E-state index >= 15 is 0 Å². The Kier molecular flexibility index (Phi) is 17.3. The first-order valence-electron chi connectivity index (χ1n) is 11.1. The largest absolute Gasteiger partial charge is 0.478 e. The lowest BCUT2D eigenvalue weighted by Crippen LogP contribution is -2.06. The van der Waals surface area contributed by atoms with E-state index in [-0.39, 0.29) is 11.1 Å². The Hall–Kier alpha value is -1.84. The summed E-state index contributed by atoms with van der Waals surface area (Å²) in [6.45, 7) is 4.58. The van der Waals surface area contributed by atoms with Gasteiger partial charge in [0.05, 0.1) is 11.1 Å². The van der Waals surface area contributed by atoms with Crippen LogP contribution in [0.25, 0.3) is 0 Å². The molecule has 0 heterocycles. The molecule has 0 saturated heterocycles. The number of hydrogen-bond acceptors (Lipinski definition) is 2. The number of rotatable bonds is 15. The summed E-state index contributed by atoms with van der Waals surface area (Å²) in [6.07, 6.45) is 20.4. The molecule has 0 radical (unpaired) electrons. The molecule has 28 heavy (non-hydrogen) atoms. The van der Waals surface area contributed by atoms with Crippen LogP contribution in [0.1, 0.15) is 124 Å². The number of unbranched alkanes of at least 4 members (excludes halogenated alkanes) is 13. The fourth-order valence-corrected chi connectivity index (χ4v) is 3.12. The van der Waals surface area contributed by atoms with Crippen molar-refractivity contribution in [3.63, 3.8) is 0 Å². The van der Waals surface area contributed by atoms with E-state index in [0.717, 1.165) is 0 Å². The minimum atomic E-state index is -1.23. The predicted octanol–water partition coefficient (Wildman–Crippen LogP) is 7.57. The quantitative estimate of drug-likeness (QED) is 0.302. The van der Waals surface area contributed by atoms with Crippen LogP contribution in [0.15, 0.2) is 24.3 Å². The van der Waals surface area contributed by atoms with Gasteiger partial charge in [0, 0.05) is 0 Å². The summed E-state index contributed by atoms with van der Waals surface area (Å²) in [5.74, 6) is -2.46. The van der Waals surface area contributed by atoms with Crippen LogP contribution >= 0.6 is 0 Å². The number of carboxylic acids is 2. The van der Waals surface area contributed by atoms with Crippen LogP contribution in [0.2, 0.25) is 0 Å². The van der Waals surface area contributed by atoms with E-state index in [1.807, 2.05) is 0 Å². The fourth-order valence-electron chi connectivity index (χ4n) is 3.12. The number of aromatic carboxylic acids is 2. The van der Waals surface area contributed by atoms with E-state index in [9.17, 15) is 9.59 Å². The summed E-state index contributed by atoms with van der Waals surface area (Å²) in [6, 6.07) is 5.48. The van der Waals surface area contributed by atoms with Crippen LogP contribution in [0.5, 0.6) is 0 Å². The van der Waals surface area contributed by atoms with Crippen LogP contribution in [-0.4, -0.2) is 22.2 Å². The molecule has 4 nitrogen and oxygen atoms in total. The molecule has 0 amide bonds. The van der Waals surface area contributed by atoms with Gasteiger partial charge in [-0.05, 0) is 12.1 Å². The molecule has 0 fully saturated rings. The van der Waals surface area contributed by atoms with Gasteiger partial charge in [0.1, 0.15) is 0 Å². The van der Waals surface area contributed by atoms with Gasteiger partial charge < -0.3 is 10.2 Å². The average Bonchev–Trinajstić information content (AvgIpc) is 2.69. The Morgan fingerprint density at radius 1 is 0.571 bits per heavy atom. The molecule has 1 aromatic rings. The third kappa shape index (κ3) is 14.2. The molecule has 160 valence electrons. The second kappa shape index (κ2) is 18.5. The van der Waals surface area contributed by atoms with Gasteiger partial charge in [-0.1, -0.05) is 116 Å². The highest BCUT2D eigenvalue weighted by atomic mass is 16.4. The van der Waals surface area contributed by atoms with E-state index in [0.29, 0.717) is 0 Å². The molecule has 0 aromatic heterocycles. The van der Waals surface area contributed by atoms with Crippen LogP contribution < -0.4 is 0 Å². The highest BCUT2D eigenvalue weighted by Gasteiger charge is 2.13. The second-order valence-corrected chi connectivity index (χ2v) is 7.40. The number of hydrogen-bond donors (Lipinski definition) is 2. The van der Waals surface area contributed by atoms with Crippen LogP contribution in [0.4, 0.5) is 0 Å². The fraction of sp³-hybridized carbons (Fsp3) is 0.667. The monoisotopic (exact) mass is 392 g/mol. The van der Waals surface area contributed by atoms with Gasteiger partial charge in [-0.15, -0.1) is 0 Å². The van der Waals surface area contributed by atoms with Gasteiger partial charge in [0.25, 0.3) is 0 Å². The van der Waals surface area contributed by atoms with Crippen LogP contribution in [0.3, 0.4) is 0 Å². The van der Waals surface area contributed by atoms with Gasteiger partial charge in [0.2, 0.25) is 0 Å². The number of carboxylic acid groups (broad SMARTS) is 2. The summed E-state index contributed by atoms with van der Waals surface area (Å²) >= 11 is 0. The highest BCUT2D eigenvalue weighted by molar-refractivity contribution is 6.01. The molecule has 2 N–H and O–H groups in total. The maximum Gasteiger partial charge on any atom is 0.336 e. The molecule has 1 aromatic carbocycles. The van der Waals surface area contributed by atoms with Crippen molar-refractivity contribution in [2.24, 2.45) is 0 Å². The van der Waals surface area contributed by atoms with Gasteiger partial charge in [0.15, 0.2) is 0 Å². The van der Waals surface area contributed by atoms with Crippen molar-refractivity contribution in [1.29, 1.82) is 0 Å². The van der Waals surface area contributed by atoms with Gasteiger partial charge in [-0.25, -0.2) is 9.59 Å². The topological polar surface area (TPSA) is 74.6 Å². The first kappa shape index (κ1) is 26.2. The standard InChI is InChI=1S/C16H34.C8H6O4/c1-3-5-7-9-11-13-15-16-14-12-10-8-6-4-2;9-7(10)5-3-1-2-4-6(5)8(11)12/h3-16H2,1-2H3;1-4H,(H,9,10)(H,11,12). The molecular weight excluding hydrogens is 352 g/mol. The second-order valence-electron chi connectivity index (χ2n) is 7.40. The zero-order chi connectivity index (χ0) is 21.0. The van der Waals surface area contributed by atoms with E-state index in [1.165, 1.54) is 114 Å². The van der Waals surface area contributed by atoms with Gasteiger partial charge in [-0.2, -0.15) is 0 Å². The van der Waals surface area contributed by atoms with Gasteiger partial charge in [-0.3, -0.25) is 0 Å². The van der Waals surface area contributed by atoms with Crippen LogP contribution in [0, 0.1) is 0 Å². The Labute approximate surface area is 171 Å². The lowest BCUT2D eigenvalue weighted by molar-refractivity contribution is 0.0651. The summed E-state index contributed by atoms with van der Waals surface area (Å²) in [5.41, 5.74) is -0.380. The number of benzene rings is 1. The van der Waals surface area contributed by atoms with Crippen LogP contribution in [-0.2, 0) is 0 Å². The first-order chi connectivity index (χ1) is 13.5. The molecule has 0 bridgehead atoms. The Bertz CT molecular complexity index is 478. The number of carbonyl (C=O) groups is 2. The average molecular weight is 393 g/mol. The summed E-state index contributed by atoms with van der Waals surface area (Å²) in [7, 11) is 0. The molecular formula is C24H40O4. The molecule has 0 aliphatic carbocycles. The lowest BCUT2D eigenvalue weighted by atomic mass is 10.0. The highest BCUT2D eigenvalue weighted by Crippen LogP contribution is 2.12. The van der Waals surface area contributed by atoms with E-state index in [1.54, 1.807) is 0 Å². The maximum atomic E-state index is 10.5. The molecule has 0 unspecified atom stereocenters. The molecule has 0 spiro atoms. The molecule has 1 rings (SSSR count).